The quantitative estimate of drug-likeness (QED) is 0.509. The van der Waals surface area contributed by atoms with E-state index < -0.39 is 6.09 Å². The summed E-state index contributed by atoms with van der Waals surface area (Å²) in [4.78, 5) is 44.6. The lowest BCUT2D eigenvalue weighted by Crippen LogP contribution is -2.41. The molecule has 2 N–H and O–H groups in total. The Morgan fingerprint density at radius 3 is 2.73 bits per heavy atom. The lowest BCUT2D eigenvalue weighted by atomic mass is 9.96. The number of benzene rings is 1. The Balaban J connectivity index is 1.46. The van der Waals surface area contributed by atoms with Crippen LogP contribution in [0, 0.1) is 0 Å². The number of imidazole rings is 1. The molecule has 2 aliphatic rings. The first-order valence-corrected chi connectivity index (χ1v) is 13.0. The van der Waals surface area contributed by atoms with E-state index in [-0.39, 0.29) is 23.6 Å². The standard InChI is InChI=1S/C27H34N6O4/c1-18-6-7-21-22(33(18)27(36)37)8-9-23-26(21)29-24(11-14-31-12-4-3-5-25(31)35)32(23)16-15-30-13-10-20(17-30)28-19(2)34/h3-5,8-9,12,18,20H,6-7,10-11,13-17H2,1-2H3,(H,28,34)(H,36,37)/t18-,20+/m0/s1. The number of carboxylic acid groups (broad SMARTS) is 1. The molecule has 2 amide bonds. The zero-order valence-corrected chi connectivity index (χ0v) is 21.4. The number of hydrogen-bond donors (Lipinski definition) is 2. The zero-order chi connectivity index (χ0) is 26.1. The average Bonchev–Trinajstić information content (AvgIpc) is 3.45. The number of fused-ring (bicyclic) bond motifs is 3. The highest BCUT2D eigenvalue weighted by atomic mass is 16.4. The maximum Gasteiger partial charge on any atom is 0.412 e. The molecule has 0 saturated carbocycles. The van der Waals surface area contributed by atoms with Crippen molar-refractivity contribution in [3.8, 4) is 0 Å². The van der Waals surface area contributed by atoms with Crippen LogP contribution in [0.2, 0.25) is 0 Å². The SMILES string of the molecule is CC(=O)N[C@@H]1CCN(CCn2c(CCn3ccccc3=O)nc3c4c(ccc32)N(C(=O)O)[C@@H](C)CC4)C1. The smallest absolute Gasteiger partial charge is 0.412 e. The highest BCUT2D eigenvalue weighted by Crippen LogP contribution is 2.36. The minimum absolute atomic E-state index is 0.000362. The molecule has 1 fully saturated rings. The van der Waals surface area contributed by atoms with Gasteiger partial charge in [0.1, 0.15) is 5.82 Å². The van der Waals surface area contributed by atoms with Crippen molar-refractivity contribution in [2.75, 3.05) is 24.5 Å². The number of amides is 2. The van der Waals surface area contributed by atoms with Gasteiger partial charge in [-0.2, -0.15) is 0 Å². The van der Waals surface area contributed by atoms with Gasteiger partial charge in [0.15, 0.2) is 0 Å². The summed E-state index contributed by atoms with van der Waals surface area (Å²) in [6, 6.07) is 9.13. The zero-order valence-electron chi connectivity index (χ0n) is 21.4. The van der Waals surface area contributed by atoms with Crippen LogP contribution in [0.5, 0.6) is 0 Å². The third kappa shape index (κ3) is 5.11. The summed E-state index contributed by atoms with van der Waals surface area (Å²) >= 11 is 0. The summed E-state index contributed by atoms with van der Waals surface area (Å²) in [5.41, 5.74) is 3.48. The summed E-state index contributed by atoms with van der Waals surface area (Å²) in [6.45, 7) is 7.28. The van der Waals surface area contributed by atoms with Gasteiger partial charge in [-0.1, -0.05) is 6.07 Å². The van der Waals surface area contributed by atoms with Crippen molar-refractivity contribution < 1.29 is 14.7 Å². The fraction of sp³-hybridized carbons (Fsp3) is 0.481. The van der Waals surface area contributed by atoms with Crippen LogP contribution in [0.15, 0.2) is 41.3 Å². The number of hydrogen-bond acceptors (Lipinski definition) is 5. The van der Waals surface area contributed by atoms with Gasteiger partial charge in [-0.25, -0.2) is 9.78 Å². The number of nitrogens with zero attached hydrogens (tertiary/aromatic N) is 5. The van der Waals surface area contributed by atoms with E-state index >= 15 is 0 Å². The number of anilines is 1. The van der Waals surface area contributed by atoms with Crippen molar-refractivity contribution in [1.29, 1.82) is 0 Å². The monoisotopic (exact) mass is 506 g/mol. The first-order chi connectivity index (χ1) is 17.8. The molecule has 196 valence electrons. The molecule has 1 aromatic carbocycles. The van der Waals surface area contributed by atoms with E-state index in [0.29, 0.717) is 18.7 Å². The molecular formula is C27H34N6O4. The summed E-state index contributed by atoms with van der Waals surface area (Å²) in [7, 11) is 0. The maximum atomic E-state index is 12.3. The van der Waals surface area contributed by atoms with Gasteiger partial charge in [-0.05, 0) is 44.4 Å². The molecule has 0 aliphatic carbocycles. The predicted octanol–water partition coefficient (Wildman–Crippen LogP) is 2.47. The van der Waals surface area contributed by atoms with Crippen molar-refractivity contribution in [2.24, 2.45) is 0 Å². The van der Waals surface area contributed by atoms with Gasteiger partial charge in [-0.3, -0.25) is 19.4 Å². The number of carbonyl (C=O) groups excluding carboxylic acids is 1. The van der Waals surface area contributed by atoms with Crippen LogP contribution in [0.1, 0.15) is 38.1 Å². The van der Waals surface area contributed by atoms with Crippen molar-refractivity contribution in [3.63, 3.8) is 0 Å². The largest absolute Gasteiger partial charge is 0.465 e. The summed E-state index contributed by atoms with van der Waals surface area (Å²) < 4.78 is 3.91. The van der Waals surface area contributed by atoms with Crippen molar-refractivity contribution in [2.45, 2.75) is 64.7 Å². The van der Waals surface area contributed by atoms with Crippen molar-refractivity contribution in [1.82, 2.24) is 24.3 Å². The molecule has 2 aliphatic heterocycles. The molecule has 2 aromatic heterocycles. The predicted molar refractivity (Wildman–Crippen MR) is 141 cm³/mol. The van der Waals surface area contributed by atoms with Crippen LogP contribution >= 0.6 is 0 Å². The number of aromatic nitrogens is 3. The molecule has 0 bridgehead atoms. The van der Waals surface area contributed by atoms with E-state index in [1.54, 1.807) is 29.8 Å². The second kappa shape index (κ2) is 10.4. The molecule has 0 radical (unpaired) electrons. The van der Waals surface area contributed by atoms with Crippen LogP contribution < -0.4 is 15.8 Å². The number of carbonyl (C=O) groups is 2. The molecule has 0 unspecified atom stereocenters. The third-order valence-electron chi connectivity index (χ3n) is 7.59. The summed E-state index contributed by atoms with van der Waals surface area (Å²) in [6.07, 6.45) is 3.88. The highest BCUT2D eigenvalue weighted by molar-refractivity contribution is 5.94. The van der Waals surface area contributed by atoms with Crippen LogP contribution in [-0.2, 0) is 30.7 Å². The fourth-order valence-electron chi connectivity index (χ4n) is 5.76. The lowest BCUT2D eigenvalue weighted by molar-refractivity contribution is -0.119. The van der Waals surface area contributed by atoms with Gasteiger partial charge >= 0.3 is 6.09 Å². The summed E-state index contributed by atoms with van der Waals surface area (Å²) in [5, 5.41) is 12.9. The molecule has 3 aromatic rings. The number of nitrogens with one attached hydrogen (secondary N) is 1. The Bertz CT molecular complexity index is 1380. The van der Waals surface area contributed by atoms with Crippen LogP contribution in [0.3, 0.4) is 0 Å². The maximum absolute atomic E-state index is 12.3. The Kier molecular flexibility index (Phi) is 7.01. The van der Waals surface area contributed by atoms with E-state index in [1.165, 1.54) is 4.90 Å². The number of aryl methyl sites for hydroxylation is 3. The molecule has 10 nitrogen and oxygen atoms in total. The normalized spacial score (nSPS) is 19.8. The lowest BCUT2D eigenvalue weighted by Gasteiger charge is -2.33. The van der Waals surface area contributed by atoms with Gasteiger partial charge in [-0.15, -0.1) is 0 Å². The molecule has 37 heavy (non-hydrogen) atoms. The molecular weight excluding hydrogens is 472 g/mol. The van der Waals surface area contributed by atoms with Gasteiger partial charge in [0.25, 0.3) is 5.56 Å². The van der Waals surface area contributed by atoms with Gasteiger partial charge in [0.05, 0.1) is 16.7 Å². The molecule has 0 spiro atoms. The van der Waals surface area contributed by atoms with E-state index in [2.05, 4.69) is 14.8 Å². The highest BCUT2D eigenvalue weighted by Gasteiger charge is 2.31. The van der Waals surface area contributed by atoms with Crippen LogP contribution in [-0.4, -0.2) is 67.8 Å². The Morgan fingerprint density at radius 1 is 1.14 bits per heavy atom. The third-order valence-corrected chi connectivity index (χ3v) is 7.59. The second-order valence-electron chi connectivity index (χ2n) is 10.1. The van der Waals surface area contributed by atoms with E-state index in [1.807, 2.05) is 25.1 Å². The first kappa shape index (κ1) is 25.0. The molecule has 1 saturated heterocycles. The van der Waals surface area contributed by atoms with Crippen LogP contribution in [0.4, 0.5) is 10.5 Å². The number of pyridine rings is 1. The average molecular weight is 507 g/mol. The minimum atomic E-state index is -0.946. The Morgan fingerprint density at radius 2 is 1.97 bits per heavy atom. The van der Waals surface area contributed by atoms with Crippen molar-refractivity contribution >= 4 is 28.7 Å². The Labute approximate surface area is 215 Å². The number of likely N-dealkylation sites (tertiary alicyclic amines) is 1. The minimum Gasteiger partial charge on any atom is -0.465 e. The topological polar surface area (TPSA) is 113 Å². The Hall–Kier alpha value is -3.66. The van der Waals surface area contributed by atoms with E-state index in [4.69, 9.17) is 4.98 Å². The molecule has 2 atom stereocenters. The fourth-order valence-corrected chi connectivity index (χ4v) is 5.76. The summed E-state index contributed by atoms with van der Waals surface area (Å²) in [5.74, 6) is 0.887. The van der Waals surface area contributed by atoms with Crippen molar-refractivity contribution in [3.05, 3.63) is 58.3 Å². The number of rotatable bonds is 7. The van der Waals surface area contributed by atoms with Gasteiger partial charge in [0, 0.05) is 76.0 Å². The molecule has 5 rings (SSSR count). The van der Waals surface area contributed by atoms with Gasteiger partial charge < -0.3 is 19.6 Å². The van der Waals surface area contributed by atoms with E-state index in [9.17, 15) is 19.5 Å². The van der Waals surface area contributed by atoms with E-state index in [0.717, 1.165) is 67.9 Å². The van der Waals surface area contributed by atoms with Gasteiger partial charge in [0.2, 0.25) is 5.91 Å². The second-order valence-corrected chi connectivity index (χ2v) is 10.1. The van der Waals surface area contributed by atoms with Crippen LogP contribution in [0.25, 0.3) is 11.0 Å². The first-order valence-electron chi connectivity index (χ1n) is 13.0. The molecule has 10 heteroatoms. The molecule has 4 heterocycles.